The van der Waals surface area contributed by atoms with Crippen molar-refractivity contribution in [2.45, 2.75) is 32.7 Å². The molecule has 0 spiro atoms. The molecular formula is C16H20N4O3. The van der Waals surface area contributed by atoms with Gasteiger partial charge in [-0.25, -0.2) is 4.79 Å². The molecule has 2 heterocycles. The van der Waals surface area contributed by atoms with E-state index in [0.717, 1.165) is 22.5 Å². The molecule has 0 aliphatic carbocycles. The van der Waals surface area contributed by atoms with Crippen LogP contribution >= 0.6 is 0 Å². The first kappa shape index (κ1) is 16.7. The Kier molecular flexibility index (Phi) is 5.10. The first-order valence-corrected chi connectivity index (χ1v) is 7.28. The van der Waals surface area contributed by atoms with E-state index in [1.165, 1.54) is 0 Å². The number of hydrogen-bond acceptors (Lipinski definition) is 4. The number of amides is 1. The first-order chi connectivity index (χ1) is 10.9. The smallest absolute Gasteiger partial charge is 0.326 e. The Morgan fingerprint density at radius 1 is 1.30 bits per heavy atom. The maximum absolute atomic E-state index is 12.2. The average molecular weight is 316 g/mol. The number of hydrogen-bond donors (Lipinski definition) is 2. The fraction of sp³-hybridized carbons (Fsp3) is 0.375. The van der Waals surface area contributed by atoms with Gasteiger partial charge in [-0.1, -0.05) is 0 Å². The maximum atomic E-state index is 12.2. The number of carboxylic acid groups (broad SMARTS) is 1. The van der Waals surface area contributed by atoms with Crippen LogP contribution in [-0.2, 0) is 29.5 Å². The molecule has 0 aliphatic heterocycles. The molecule has 2 aromatic heterocycles. The van der Waals surface area contributed by atoms with E-state index in [1.54, 1.807) is 29.2 Å². The van der Waals surface area contributed by atoms with Gasteiger partial charge < -0.3 is 10.4 Å². The van der Waals surface area contributed by atoms with E-state index in [9.17, 15) is 14.7 Å². The van der Waals surface area contributed by atoms with Crippen LogP contribution in [0.2, 0.25) is 0 Å². The summed E-state index contributed by atoms with van der Waals surface area (Å²) in [7, 11) is 1.81. The van der Waals surface area contributed by atoms with Crippen LogP contribution in [0, 0.1) is 13.8 Å². The molecule has 1 amide bonds. The summed E-state index contributed by atoms with van der Waals surface area (Å²) in [5, 5.41) is 16.2. The van der Waals surface area contributed by atoms with Crippen LogP contribution in [0.4, 0.5) is 0 Å². The highest BCUT2D eigenvalue weighted by molar-refractivity contribution is 5.85. The van der Waals surface area contributed by atoms with E-state index in [2.05, 4.69) is 15.4 Å². The van der Waals surface area contributed by atoms with Crippen LogP contribution in [0.3, 0.4) is 0 Å². The van der Waals surface area contributed by atoms with Crippen molar-refractivity contribution in [2.75, 3.05) is 0 Å². The van der Waals surface area contributed by atoms with E-state index in [0.29, 0.717) is 0 Å². The van der Waals surface area contributed by atoms with Crippen LogP contribution in [0.5, 0.6) is 0 Å². The molecule has 23 heavy (non-hydrogen) atoms. The molecule has 0 bridgehead atoms. The van der Waals surface area contributed by atoms with Crippen LogP contribution in [0.25, 0.3) is 0 Å². The van der Waals surface area contributed by atoms with E-state index >= 15 is 0 Å². The minimum absolute atomic E-state index is 0.117. The Bertz CT molecular complexity index is 710. The SMILES string of the molecule is Cc1nn(C)c(C)c1CC(=O)NC(Cc1ccncc1)C(=O)O. The predicted molar refractivity (Wildman–Crippen MR) is 83.9 cm³/mol. The molecule has 0 radical (unpaired) electrons. The molecular weight excluding hydrogens is 296 g/mol. The average Bonchev–Trinajstić information content (AvgIpc) is 2.74. The molecule has 0 saturated heterocycles. The summed E-state index contributed by atoms with van der Waals surface area (Å²) >= 11 is 0. The van der Waals surface area contributed by atoms with Gasteiger partial charge in [-0.2, -0.15) is 5.10 Å². The summed E-state index contributed by atoms with van der Waals surface area (Å²) in [6.07, 6.45) is 3.52. The van der Waals surface area contributed by atoms with Gasteiger partial charge in [-0.15, -0.1) is 0 Å². The number of carbonyl (C=O) groups excluding carboxylic acids is 1. The Morgan fingerprint density at radius 3 is 2.48 bits per heavy atom. The van der Waals surface area contributed by atoms with Crippen LogP contribution < -0.4 is 5.32 Å². The van der Waals surface area contributed by atoms with Gasteiger partial charge in [0.15, 0.2) is 0 Å². The number of rotatable bonds is 6. The summed E-state index contributed by atoms with van der Waals surface area (Å²) < 4.78 is 1.71. The van der Waals surface area contributed by atoms with Crippen molar-refractivity contribution in [1.82, 2.24) is 20.1 Å². The molecule has 2 rings (SSSR count). The first-order valence-electron chi connectivity index (χ1n) is 7.28. The van der Waals surface area contributed by atoms with Crippen molar-refractivity contribution in [3.8, 4) is 0 Å². The number of nitrogens with one attached hydrogen (secondary N) is 1. The number of pyridine rings is 1. The minimum atomic E-state index is -1.06. The highest BCUT2D eigenvalue weighted by Crippen LogP contribution is 2.12. The van der Waals surface area contributed by atoms with Gasteiger partial charge >= 0.3 is 5.97 Å². The number of aryl methyl sites for hydroxylation is 2. The van der Waals surface area contributed by atoms with Gasteiger partial charge in [0.05, 0.1) is 12.1 Å². The molecule has 0 fully saturated rings. The lowest BCUT2D eigenvalue weighted by molar-refractivity contribution is -0.141. The van der Waals surface area contributed by atoms with Gasteiger partial charge in [0.1, 0.15) is 6.04 Å². The van der Waals surface area contributed by atoms with Gasteiger partial charge in [0.25, 0.3) is 0 Å². The topological polar surface area (TPSA) is 97.1 Å². The van der Waals surface area contributed by atoms with Gasteiger partial charge in [0, 0.05) is 37.1 Å². The largest absolute Gasteiger partial charge is 0.480 e. The highest BCUT2D eigenvalue weighted by atomic mass is 16.4. The van der Waals surface area contributed by atoms with Gasteiger partial charge in [-0.05, 0) is 31.5 Å². The van der Waals surface area contributed by atoms with E-state index in [4.69, 9.17) is 0 Å². The summed E-state index contributed by atoms with van der Waals surface area (Å²) in [5.74, 6) is -1.39. The van der Waals surface area contributed by atoms with Gasteiger partial charge in [-0.3, -0.25) is 14.5 Å². The molecule has 1 atom stereocenters. The number of nitrogens with zero attached hydrogens (tertiary/aromatic N) is 3. The number of aromatic nitrogens is 3. The fourth-order valence-electron chi connectivity index (χ4n) is 2.43. The Labute approximate surface area is 134 Å². The predicted octanol–water partition coefficient (Wildman–Crippen LogP) is 0.787. The van der Waals surface area contributed by atoms with Crippen LogP contribution in [-0.4, -0.2) is 37.8 Å². The Morgan fingerprint density at radius 2 is 1.96 bits per heavy atom. The summed E-state index contributed by atoms with van der Waals surface area (Å²) in [4.78, 5) is 27.5. The molecule has 0 aliphatic rings. The zero-order valence-electron chi connectivity index (χ0n) is 13.4. The molecule has 2 aromatic rings. The van der Waals surface area contributed by atoms with Gasteiger partial charge in [0.2, 0.25) is 5.91 Å². The monoisotopic (exact) mass is 316 g/mol. The number of carboxylic acids is 1. The zero-order valence-corrected chi connectivity index (χ0v) is 13.4. The summed E-state index contributed by atoms with van der Waals surface area (Å²) in [5.41, 5.74) is 3.32. The second-order valence-electron chi connectivity index (χ2n) is 5.47. The van der Waals surface area contributed by atoms with E-state index in [-0.39, 0.29) is 18.7 Å². The molecule has 7 nitrogen and oxygen atoms in total. The standard InChI is InChI=1S/C16H20N4O3/c1-10-13(11(2)20(3)19-10)9-15(21)18-14(16(22)23)8-12-4-6-17-7-5-12/h4-7,14H,8-9H2,1-3H3,(H,18,21)(H,22,23). The fourth-order valence-corrected chi connectivity index (χ4v) is 2.43. The normalized spacial score (nSPS) is 12.0. The van der Waals surface area contributed by atoms with Crippen molar-refractivity contribution >= 4 is 11.9 Å². The van der Waals surface area contributed by atoms with Crippen molar-refractivity contribution in [3.63, 3.8) is 0 Å². The Hall–Kier alpha value is -2.70. The Balaban J connectivity index is 2.05. The lowest BCUT2D eigenvalue weighted by atomic mass is 10.1. The second kappa shape index (κ2) is 7.04. The van der Waals surface area contributed by atoms with Crippen LogP contribution in [0.15, 0.2) is 24.5 Å². The van der Waals surface area contributed by atoms with E-state index in [1.807, 2.05) is 20.9 Å². The van der Waals surface area contributed by atoms with E-state index < -0.39 is 12.0 Å². The number of aliphatic carboxylic acids is 1. The molecule has 1 unspecified atom stereocenters. The van der Waals surface area contributed by atoms with Crippen molar-refractivity contribution in [1.29, 1.82) is 0 Å². The third kappa shape index (κ3) is 4.15. The lowest BCUT2D eigenvalue weighted by Gasteiger charge is -2.14. The van der Waals surface area contributed by atoms with Crippen LogP contribution in [0.1, 0.15) is 22.5 Å². The lowest BCUT2D eigenvalue weighted by Crippen LogP contribution is -2.43. The summed E-state index contributed by atoms with van der Waals surface area (Å²) in [6, 6.07) is 2.50. The minimum Gasteiger partial charge on any atom is -0.480 e. The number of carbonyl (C=O) groups is 2. The van der Waals surface area contributed by atoms with Crippen molar-refractivity contribution in [2.24, 2.45) is 7.05 Å². The zero-order chi connectivity index (χ0) is 17.0. The maximum Gasteiger partial charge on any atom is 0.326 e. The molecule has 0 aromatic carbocycles. The summed E-state index contributed by atoms with van der Waals surface area (Å²) in [6.45, 7) is 3.72. The third-order valence-electron chi connectivity index (χ3n) is 3.82. The third-order valence-corrected chi connectivity index (χ3v) is 3.82. The molecule has 2 N–H and O–H groups in total. The quantitative estimate of drug-likeness (QED) is 0.821. The second-order valence-corrected chi connectivity index (χ2v) is 5.47. The van der Waals surface area contributed by atoms with Crippen molar-refractivity contribution in [3.05, 3.63) is 47.0 Å². The molecule has 7 heteroatoms. The molecule has 122 valence electrons. The van der Waals surface area contributed by atoms with Crippen molar-refractivity contribution < 1.29 is 14.7 Å². The highest BCUT2D eigenvalue weighted by Gasteiger charge is 2.22. The molecule has 0 saturated carbocycles.